The van der Waals surface area contributed by atoms with Gasteiger partial charge in [-0.15, -0.1) is 0 Å². The van der Waals surface area contributed by atoms with Crippen LogP contribution in [0.4, 0.5) is 0 Å². The van der Waals surface area contributed by atoms with E-state index >= 15 is 0 Å². The molecule has 0 saturated heterocycles. The Morgan fingerprint density at radius 2 is 2.14 bits per heavy atom. The molecule has 1 aromatic carbocycles. The van der Waals surface area contributed by atoms with Crippen molar-refractivity contribution in [1.82, 2.24) is 15.3 Å². The van der Waals surface area contributed by atoms with Crippen LogP contribution in [-0.4, -0.2) is 20.9 Å². The van der Waals surface area contributed by atoms with Crippen molar-refractivity contribution in [3.63, 3.8) is 0 Å². The van der Waals surface area contributed by atoms with Gasteiger partial charge in [0.25, 0.3) is 0 Å². The van der Waals surface area contributed by atoms with Crippen LogP contribution in [0.25, 0.3) is 0 Å². The van der Waals surface area contributed by atoms with E-state index in [-0.39, 0.29) is 11.9 Å². The fourth-order valence-electron chi connectivity index (χ4n) is 2.05. The summed E-state index contributed by atoms with van der Waals surface area (Å²) in [6.07, 6.45) is 4.52. The maximum atomic E-state index is 12.1. The molecule has 0 radical (unpaired) electrons. The zero-order valence-electron chi connectivity index (χ0n) is 11.8. The Balaban J connectivity index is 1.96. The smallest absolute Gasteiger partial charge is 0.225 e. The molecule has 21 heavy (non-hydrogen) atoms. The molecule has 2 rings (SSSR count). The Morgan fingerprint density at radius 1 is 1.43 bits per heavy atom. The van der Waals surface area contributed by atoms with Crippen molar-refractivity contribution >= 4 is 23.1 Å². The van der Waals surface area contributed by atoms with Crippen molar-refractivity contribution < 1.29 is 4.79 Å². The first-order chi connectivity index (χ1) is 10.1. The van der Waals surface area contributed by atoms with Gasteiger partial charge in [0.1, 0.15) is 10.8 Å². The molecule has 0 fully saturated rings. The van der Waals surface area contributed by atoms with Crippen LogP contribution in [0.5, 0.6) is 0 Å². The van der Waals surface area contributed by atoms with Gasteiger partial charge in [0.05, 0.1) is 12.5 Å². The topological polar surface area (TPSA) is 83.8 Å². The highest BCUT2D eigenvalue weighted by Gasteiger charge is 2.14. The molecule has 4 N–H and O–H groups in total. The number of nitrogens with zero attached hydrogens (tertiary/aromatic N) is 1. The monoisotopic (exact) mass is 302 g/mol. The first-order valence-electron chi connectivity index (χ1n) is 6.77. The van der Waals surface area contributed by atoms with Gasteiger partial charge in [-0.05, 0) is 12.0 Å². The van der Waals surface area contributed by atoms with Gasteiger partial charge in [-0.2, -0.15) is 0 Å². The van der Waals surface area contributed by atoms with E-state index in [1.165, 1.54) is 0 Å². The Bertz CT molecular complexity index is 607. The van der Waals surface area contributed by atoms with E-state index in [0.717, 1.165) is 23.4 Å². The lowest BCUT2D eigenvalue weighted by Crippen LogP contribution is -2.30. The molecule has 1 amide bonds. The summed E-state index contributed by atoms with van der Waals surface area (Å²) < 4.78 is 0. The van der Waals surface area contributed by atoms with Crippen molar-refractivity contribution in [2.45, 2.75) is 25.8 Å². The van der Waals surface area contributed by atoms with Gasteiger partial charge in [-0.1, -0.05) is 43.4 Å². The maximum Gasteiger partial charge on any atom is 0.225 e. The quantitative estimate of drug-likeness (QED) is 0.711. The minimum Gasteiger partial charge on any atom is -0.389 e. The second-order valence-corrected chi connectivity index (χ2v) is 5.18. The minimum atomic E-state index is -0.0941. The molecule has 5 nitrogen and oxygen atoms in total. The Labute approximate surface area is 129 Å². The largest absolute Gasteiger partial charge is 0.389 e. The van der Waals surface area contributed by atoms with Crippen LogP contribution in [0, 0.1) is 0 Å². The number of hydrogen-bond donors (Lipinski definition) is 3. The maximum absolute atomic E-state index is 12.1. The molecule has 0 aliphatic rings. The number of thiocarbonyl (C=S) groups is 1. The number of nitrogens with one attached hydrogen (secondary N) is 2. The average Bonchev–Trinajstić information content (AvgIpc) is 2.99. The molecule has 6 heteroatoms. The molecule has 0 aliphatic heterocycles. The Kier molecular flexibility index (Phi) is 5.05. The molecular formula is C15H18N4OS. The van der Waals surface area contributed by atoms with Crippen LogP contribution in [-0.2, 0) is 11.2 Å². The molecule has 2 aromatic rings. The lowest BCUT2D eigenvalue weighted by Gasteiger charge is -2.14. The van der Waals surface area contributed by atoms with Gasteiger partial charge < -0.3 is 16.0 Å². The van der Waals surface area contributed by atoms with Crippen LogP contribution in [0.1, 0.15) is 36.3 Å². The van der Waals surface area contributed by atoms with Gasteiger partial charge in [-0.25, -0.2) is 4.98 Å². The van der Waals surface area contributed by atoms with E-state index in [1.807, 2.05) is 31.2 Å². The van der Waals surface area contributed by atoms with E-state index in [4.69, 9.17) is 18.0 Å². The first kappa shape index (κ1) is 15.2. The van der Waals surface area contributed by atoms with Crippen LogP contribution in [0.15, 0.2) is 36.7 Å². The second-order valence-electron chi connectivity index (χ2n) is 4.74. The first-order valence-corrected chi connectivity index (χ1v) is 7.18. The average molecular weight is 302 g/mol. The number of aromatic nitrogens is 2. The van der Waals surface area contributed by atoms with E-state index in [9.17, 15) is 4.79 Å². The highest BCUT2D eigenvalue weighted by molar-refractivity contribution is 7.80. The summed E-state index contributed by atoms with van der Waals surface area (Å²) in [6, 6.07) is 7.29. The van der Waals surface area contributed by atoms with E-state index in [2.05, 4.69) is 15.3 Å². The van der Waals surface area contributed by atoms with Crippen LogP contribution >= 0.6 is 12.2 Å². The van der Waals surface area contributed by atoms with Crippen molar-refractivity contribution in [1.29, 1.82) is 0 Å². The third kappa shape index (κ3) is 4.13. The van der Waals surface area contributed by atoms with Gasteiger partial charge in [0, 0.05) is 18.0 Å². The van der Waals surface area contributed by atoms with E-state index in [1.54, 1.807) is 12.4 Å². The summed E-state index contributed by atoms with van der Waals surface area (Å²) in [4.78, 5) is 19.7. The van der Waals surface area contributed by atoms with Crippen molar-refractivity contribution in [3.8, 4) is 0 Å². The third-order valence-electron chi connectivity index (χ3n) is 3.20. The summed E-state index contributed by atoms with van der Waals surface area (Å²) in [5, 5.41) is 2.97. The van der Waals surface area contributed by atoms with Gasteiger partial charge in [0.2, 0.25) is 5.91 Å². The SMILES string of the molecule is CCC(NC(=O)Cc1ccc(C(N)=S)cc1)c1ncc[nH]1. The molecule has 0 saturated carbocycles. The molecule has 0 spiro atoms. The lowest BCUT2D eigenvalue weighted by atomic mass is 10.1. The molecule has 110 valence electrons. The Morgan fingerprint density at radius 3 is 2.67 bits per heavy atom. The number of hydrogen-bond acceptors (Lipinski definition) is 3. The normalized spacial score (nSPS) is 11.9. The second kappa shape index (κ2) is 6.99. The molecule has 1 atom stereocenters. The molecule has 1 unspecified atom stereocenters. The van der Waals surface area contributed by atoms with Gasteiger partial charge in [-0.3, -0.25) is 4.79 Å². The van der Waals surface area contributed by atoms with Crippen molar-refractivity contribution in [3.05, 3.63) is 53.6 Å². The van der Waals surface area contributed by atoms with Crippen LogP contribution < -0.4 is 11.1 Å². The number of carbonyl (C=O) groups excluding carboxylic acids is 1. The predicted molar refractivity (Wildman–Crippen MR) is 85.8 cm³/mol. The number of H-pyrrole nitrogens is 1. The number of carbonyl (C=O) groups is 1. The van der Waals surface area contributed by atoms with Crippen molar-refractivity contribution in [2.75, 3.05) is 0 Å². The highest BCUT2D eigenvalue weighted by Crippen LogP contribution is 2.12. The summed E-state index contributed by atoms with van der Waals surface area (Å²) in [5.41, 5.74) is 7.27. The third-order valence-corrected chi connectivity index (χ3v) is 3.43. The fraction of sp³-hybridized carbons (Fsp3) is 0.267. The number of aromatic amines is 1. The number of amides is 1. The standard InChI is InChI=1S/C15H18N4OS/c1-2-12(15-17-7-8-18-15)19-13(20)9-10-3-5-11(6-4-10)14(16)21/h3-8,12H,2,9H2,1H3,(H2,16,21)(H,17,18)(H,19,20). The number of imidazole rings is 1. The molecule has 1 aromatic heterocycles. The molecule has 1 heterocycles. The number of benzene rings is 1. The molecular weight excluding hydrogens is 284 g/mol. The summed E-state index contributed by atoms with van der Waals surface area (Å²) in [6.45, 7) is 2.00. The molecule has 0 aliphatic carbocycles. The van der Waals surface area contributed by atoms with Gasteiger partial charge >= 0.3 is 0 Å². The fourth-order valence-corrected chi connectivity index (χ4v) is 2.19. The lowest BCUT2D eigenvalue weighted by molar-refractivity contribution is -0.121. The highest BCUT2D eigenvalue weighted by atomic mass is 32.1. The predicted octanol–water partition coefficient (Wildman–Crippen LogP) is 1.85. The number of rotatable bonds is 6. The summed E-state index contributed by atoms with van der Waals surface area (Å²) in [7, 11) is 0. The minimum absolute atomic E-state index is 0.0404. The Hall–Kier alpha value is -2.21. The van der Waals surface area contributed by atoms with Crippen LogP contribution in [0.2, 0.25) is 0 Å². The van der Waals surface area contributed by atoms with E-state index < -0.39 is 0 Å². The summed E-state index contributed by atoms with van der Waals surface area (Å²) in [5.74, 6) is 0.732. The van der Waals surface area contributed by atoms with Crippen LogP contribution in [0.3, 0.4) is 0 Å². The molecule has 0 bridgehead atoms. The van der Waals surface area contributed by atoms with Crippen molar-refractivity contribution in [2.24, 2.45) is 5.73 Å². The number of nitrogens with two attached hydrogens (primary N) is 1. The zero-order chi connectivity index (χ0) is 15.2. The van der Waals surface area contributed by atoms with Gasteiger partial charge in [0.15, 0.2) is 0 Å². The zero-order valence-corrected chi connectivity index (χ0v) is 12.6. The summed E-state index contributed by atoms with van der Waals surface area (Å²) >= 11 is 4.90. The van der Waals surface area contributed by atoms with E-state index in [0.29, 0.717) is 11.4 Å².